The smallest absolute Gasteiger partial charge is 0.356 e. The minimum absolute atomic E-state index is 0.0996. The maximum Gasteiger partial charge on any atom is 0.356 e. The highest BCUT2D eigenvalue weighted by Gasteiger charge is 2.42. The van der Waals surface area contributed by atoms with Gasteiger partial charge in [-0.05, 0) is 24.2 Å². The van der Waals surface area contributed by atoms with Crippen molar-refractivity contribution in [2.45, 2.75) is 59.0 Å². The average Bonchev–Trinajstić information content (AvgIpc) is 3.12. The molecule has 0 saturated heterocycles. The zero-order valence-electron chi connectivity index (χ0n) is 16.1. The van der Waals surface area contributed by atoms with Gasteiger partial charge >= 0.3 is 5.97 Å². The van der Waals surface area contributed by atoms with Crippen molar-refractivity contribution in [1.29, 1.82) is 5.41 Å². The Hall–Kier alpha value is -2.35. The van der Waals surface area contributed by atoms with Crippen LogP contribution in [0.3, 0.4) is 0 Å². The van der Waals surface area contributed by atoms with E-state index in [9.17, 15) is 19.5 Å². The number of rotatable bonds is 7. The molecular formula is C19H27N3O5. The Kier molecular flexibility index (Phi) is 5.99. The Morgan fingerprint density at radius 1 is 1.33 bits per heavy atom. The van der Waals surface area contributed by atoms with Crippen LogP contribution in [-0.2, 0) is 9.59 Å². The summed E-state index contributed by atoms with van der Waals surface area (Å²) in [6, 6.07) is 0. The van der Waals surface area contributed by atoms with E-state index in [1.807, 2.05) is 20.8 Å². The van der Waals surface area contributed by atoms with Gasteiger partial charge in [0.2, 0.25) is 0 Å². The van der Waals surface area contributed by atoms with Crippen LogP contribution in [0.2, 0.25) is 0 Å². The summed E-state index contributed by atoms with van der Waals surface area (Å²) in [5, 5.41) is 27.2. The Morgan fingerprint density at radius 3 is 2.44 bits per heavy atom. The fourth-order valence-electron chi connectivity index (χ4n) is 3.95. The number of carbonyl (C=O) groups excluding carboxylic acids is 2. The lowest BCUT2D eigenvalue weighted by Crippen LogP contribution is -2.39. The molecule has 1 fully saturated rings. The number of aromatic amines is 1. The molecule has 148 valence electrons. The molecule has 1 unspecified atom stereocenters. The number of hydrogen-bond donors (Lipinski definition) is 4. The maximum atomic E-state index is 13.0. The Balaban J connectivity index is 2.23. The summed E-state index contributed by atoms with van der Waals surface area (Å²) >= 11 is 0. The van der Waals surface area contributed by atoms with E-state index in [4.69, 9.17) is 10.5 Å². The number of aliphatic hydroxyl groups excluding tert-OH is 1. The third kappa shape index (κ3) is 4.68. The third-order valence-corrected chi connectivity index (χ3v) is 5.16. The molecule has 0 amide bonds. The lowest BCUT2D eigenvalue weighted by atomic mass is 9.72. The molecule has 1 aromatic heterocycles. The van der Waals surface area contributed by atoms with Crippen molar-refractivity contribution in [3.63, 3.8) is 0 Å². The molecule has 27 heavy (non-hydrogen) atoms. The standard InChI is InChI=1S/C19H27N3O5/c1-9(23)16(20)15(19(2,3)4)14(25)6-10-5-11(24)7-12(10)17-21-8-13(22-17)18(26)27/h8,10-12,15,20,24H,5-7H2,1-4H3,(H,21,22)(H,26,27)/t10?,11-,12+,15-/m0/s1. The highest BCUT2D eigenvalue weighted by molar-refractivity contribution is 6.42. The van der Waals surface area contributed by atoms with Crippen molar-refractivity contribution in [3.8, 4) is 0 Å². The van der Waals surface area contributed by atoms with Crippen LogP contribution in [0.5, 0.6) is 0 Å². The molecule has 0 aromatic carbocycles. The molecule has 1 aliphatic carbocycles. The van der Waals surface area contributed by atoms with Crippen molar-refractivity contribution >= 4 is 23.2 Å². The molecule has 0 spiro atoms. The van der Waals surface area contributed by atoms with Gasteiger partial charge in [0.05, 0.1) is 17.7 Å². The summed E-state index contributed by atoms with van der Waals surface area (Å²) in [5.41, 5.74) is -0.885. The molecule has 0 bridgehead atoms. The van der Waals surface area contributed by atoms with Gasteiger partial charge in [-0.1, -0.05) is 20.8 Å². The van der Waals surface area contributed by atoms with Crippen LogP contribution in [0.15, 0.2) is 6.20 Å². The quantitative estimate of drug-likeness (QED) is 0.536. The maximum absolute atomic E-state index is 13.0. The van der Waals surface area contributed by atoms with Gasteiger partial charge in [0.25, 0.3) is 0 Å². The number of aromatic carboxylic acids is 1. The van der Waals surface area contributed by atoms with Gasteiger partial charge in [-0.15, -0.1) is 0 Å². The minimum atomic E-state index is -1.15. The van der Waals surface area contributed by atoms with Crippen LogP contribution in [0.1, 0.15) is 69.2 Å². The molecule has 8 nitrogen and oxygen atoms in total. The van der Waals surface area contributed by atoms with E-state index in [2.05, 4.69) is 9.97 Å². The van der Waals surface area contributed by atoms with Crippen LogP contribution < -0.4 is 0 Å². The zero-order chi connectivity index (χ0) is 20.5. The molecule has 1 aromatic rings. The summed E-state index contributed by atoms with van der Waals surface area (Å²) in [7, 11) is 0. The summed E-state index contributed by atoms with van der Waals surface area (Å²) in [4.78, 5) is 42.6. The number of H-pyrrole nitrogens is 1. The highest BCUT2D eigenvalue weighted by Crippen LogP contribution is 2.42. The van der Waals surface area contributed by atoms with Crippen LogP contribution in [-0.4, -0.2) is 49.5 Å². The number of carboxylic acid groups (broad SMARTS) is 1. The SMILES string of the molecule is CC(=O)C(=N)[C@H](C(=O)CC1C[C@H](O)C[C@H]1c1nc(C(=O)O)c[nH]1)C(C)(C)C. The number of carboxylic acids is 1. The average molecular weight is 377 g/mol. The lowest BCUT2D eigenvalue weighted by molar-refractivity contribution is -0.125. The fraction of sp³-hybridized carbons (Fsp3) is 0.632. The third-order valence-electron chi connectivity index (χ3n) is 5.16. The van der Waals surface area contributed by atoms with Crippen molar-refractivity contribution < 1.29 is 24.6 Å². The summed E-state index contributed by atoms with van der Waals surface area (Å²) < 4.78 is 0. The van der Waals surface area contributed by atoms with Gasteiger partial charge in [-0.2, -0.15) is 0 Å². The second-order valence-corrected chi connectivity index (χ2v) is 8.41. The predicted molar refractivity (Wildman–Crippen MR) is 98.0 cm³/mol. The number of carbonyl (C=O) groups is 3. The van der Waals surface area contributed by atoms with Crippen LogP contribution >= 0.6 is 0 Å². The Labute approximate surface area is 157 Å². The van der Waals surface area contributed by atoms with Gasteiger partial charge < -0.3 is 20.6 Å². The molecule has 1 saturated carbocycles. The Morgan fingerprint density at radius 2 is 1.96 bits per heavy atom. The molecule has 4 atom stereocenters. The number of aromatic nitrogens is 2. The first-order valence-corrected chi connectivity index (χ1v) is 9.00. The monoisotopic (exact) mass is 377 g/mol. The minimum Gasteiger partial charge on any atom is -0.476 e. The molecule has 8 heteroatoms. The van der Waals surface area contributed by atoms with Crippen molar-refractivity contribution in [2.75, 3.05) is 0 Å². The van der Waals surface area contributed by atoms with E-state index >= 15 is 0 Å². The number of hydrogen-bond acceptors (Lipinski definition) is 6. The van der Waals surface area contributed by atoms with Gasteiger partial charge in [-0.3, -0.25) is 9.59 Å². The first-order valence-electron chi connectivity index (χ1n) is 9.00. The second kappa shape index (κ2) is 7.72. The topological polar surface area (TPSA) is 144 Å². The number of aliphatic hydroxyl groups is 1. The molecule has 0 aliphatic heterocycles. The first-order chi connectivity index (χ1) is 12.4. The highest BCUT2D eigenvalue weighted by atomic mass is 16.4. The van der Waals surface area contributed by atoms with Crippen LogP contribution in [0.4, 0.5) is 0 Å². The van der Waals surface area contributed by atoms with Crippen molar-refractivity contribution in [3.05, 3.63) is 17.7 Å². The number of ketones is 2. The van der Waals surface area contributed by atoms with Gasteiger partial charge in [0.1, 0.15) is 11.6 Å². The summed E-state index contributed by atoms with van der Waals surface area (Å²) in [6.45, 7) is 6.74. The van der Waals surface area contributed by atoms with E-state index in [0.717, 1.165) is 0 Å². The normalized spacial score (nSPS) is 23.8. The number of nitrogens with zero attached hydrogens (tertiary/aromatic N) is 1. The first kappa shape index (κ1) is 21.0. The summed E-state index contributed by atoms with van der Waals surface area (Å²) in [6.07, 6.45) is 1.57. The van der Waals surface area contributed by atoms with E-state index in [1.165, 1.54) is 13.1 Å². The van der Waals surface area contributed by atoms with E-state index in [1.54, 1.807) is 0 Å². The van der Waals surface area contributed by atoms with Gasteiger partial charge in [-0.25, -0.2) is 9.78 Å². The fourth-order valence-corrected chi connectivity index (χ4v) is 3.95. The summed E-state index contributed by atoms with van der Waals surface area (Å²) in [5.74, 6) is -2.67. The number of Topliss-reactive ketones (excluding diaryl/α,β-unsaturated/α-hetero) is 2. The second-order valence-electron chi connectivity index (χ2n) is 8.41. The molecule has 1 aliphatic rings. The van der Waals surface area contributed by atoms with Gasteiger partial charge in [0.15, 0.2) is 11.5 Å². The Bertz CT molecular complexity index is 762. The van der Waals surface area contributed by atoms with Crippen molar-refractivity contribution in [1.82, 2.24) is 9.97 Å². The zero-order valence-corrected chi connectivity index (χ0v) is 16.1. The molecule has 0 radical (unpaired) electrons. The number of nitrogens with one attached hydrogen (secondary N) is 2. The van der Waals surface area contributed by atoms with E-state index in [0.29, 0.717) is 18.7 Å². The lowest BCUT2D eigenvalue weighted by Gasteiger charge is -2.30. The van der Waals surface area contributed by atoms with Gasteiger partial charge in [0, 0.05) is 25.5 Å². The molecular weight excluding hydrogens is 350 g/mol. The molecule has 1 heterocycles. The van der Waals surface area contributed by atoms with E-state index in [-0.39, 0.29) is 35.4 Å². The molecule has 2 rings (SSSR count). The van der Waals surface area contributed by atoms with E-state index < -0.39 is 29.2 Å². The van der Waals surface area contributed by atoms with Crippen molar-refractivity contribution in [2.24, 2.45) is 17.3 Å². The predicted octanol–water partition coefficient (Wildman–Crippen LogP) is 2.19. The van der Waals surface area contributed by atoms with Crippen LogP contribution in [0, 0.1) is 22.7 Å². The van der Waals surface area contributed by atoms with Crippen LogP contribution in [0.25, 0.3) is 0 Å². The largest absolute Gasteiger partial charge is 0.476 e. The molecule has 4 N–H and O–H groups in total. The number of imidazole rings is 1.